The van der Waals surface area contributed by atoms with Gasteiger partial charge in [-0.2, -0.15) is 13.2 Å². The van der Waals surface area contributed by atoms with E-state index in [4.69, 9.17) is 4.42 Å². The van der Waals surface area contributed by atoms with Crippen molar-refractivity contribution in [2.75, 3.05) is 0 Å². The summed E-state index contributed by atoms with van der Waals surface area (Å²) >= 11 is 0.838. The largest absolute Gasteiger partial charge is 0.477 e. The highest BCUT2D eigenvalue weighted by atomic mass is 32.2. The van der Waals surface area contributed by atoms with Crippen LogP contribution in [0.1, 0.15) is 24.1 Å². The predicted molar refractivity (Wildman–Crippen MR) is 96.4 cm³/mol. The van der Waals surface area contributed by atoms with Crippen LogP contribution in [0.5, 0.6) is 0 Å². The molecule has 10 heteroatoms. The lowest BCUT2D eigenvalue weighted by Crippen LogP contribution is -2.04. The SMILES string of the molecule is CCc1nc(S/C(=C\c2ccc(-c3cccc(C(F)(F)F)c3)o2)C(=O)O)n[nH]1. The number of thioether (sulfide) groups is 1. The number of rotatable bonds is 6. The third-order valence-electron chi connectivity index (χ3n) is 3.63. The molecular weight excluding hydrogens is 395 g/mol. The van der Waals surface area contributed by atoms with E-state index in [2.05, 4.69) is 15.2 Å². The molecule has 1 aromatic carbocycles. The van der Waals surface area contributed by atoms with Crippen molar-refractivity contribution in [3.63, 3.8) is 0 Å². The molecule has 0 radical (unpaired) electrons. The number of H-pyrrole nitrogens is 1. The molecule has 2 heterocycles. The lowest BCUT2D eigenvalue weighted by Gasteiger charge is -2.07. The fourth-order valence-electron chi connectivity index (χ4n) is 2.28. The molecule has 0 atom stereocenters. The maximum atomic E-state index is 12.9. The van der Waals surface area contributed by atoms with E-state index >= 15 is 0 Å². The summed E-state index contributed by atoms with van der Waals surface area (Å²) in [5.74, 6) is -0.205. The third-order valence-corrected chi connectivity index (χ3v) is 4.51. The van der Waals surface area contributed by atoms with Gasteiger partial charge in [-0.3, -0.25) is 5.10 Å². The highest BCUT2D eigenvalue weighted by Gasteiger charge is 2.30. The number of aliphatic carboxylic acids is 1. The van der Waals surface area contributed by atoms with Crippen molar-refractivity contribution in [1.29, 1.82) is 0 Å². The molecular formula is C18H14F3N3O3S. The molecule has 6 nitrogen and oxygen atoms in total. The van der Waals surface area contributed by atoms with Crippen molar-refractivity contribution in [1.82, 2.24) is 15.2 Å². The zero-order valence-electron chi connectivity index (χ0n) is 14.4. The van der Waals surface area contributed by atoms with Gasteiger partial charge in [0.25, 0.3) is 0 Å². The highest BCUT2D eigenvalue weighted by molar-refractivity contribution is 8.04. The number of alkyl halides is 3. The fourth-order valence-corrected chi connectivity index (χ4v) is 2.98. The van der Waals surface area contributed by atoms with Gasteiger partial charge in [-0.05, 0) is 36.0 Å². The van der Waals surface area contributed by atoms with Gasteiger partial charge in [-0.25, -0.2) is 9.78 Å². The molecule has 0 unspecified atom stereocenters. The van der Waals surface area contributed by atoms with Crippen molar-refractivity contribution in [2.45, 2.75) is 24.7 Å². The molecule has 3 aromatic rings. The summed E-state index contributed by atoms with van der Waals surface area (Å²) in [4.78, 5) is 15.5. The van der Waals surface area contributed by atoms with Gasteiger partial charge >= 0.3 is 12.1 Å². The molecule has 2 aromatic heterocycles. The Labute approximate surface area is 161 Å². The number of aromatic amines is 1. The number of hydrogen-bond acceptors (Lipinski definition) is 5. The Kier molecular flexibility index (Phi) is 5.59. The highest BCUT2D eigenvalue weighted by Crippen LogP contribution is 2.33. The van der Waals surface area contributed by atoms with Crippen LogP contribution < -0.4 is 0 Å². The van der Waals surface area contributed by atoms with Crippen LogP contribution >= 0.6 is 11.8 Å². The number of aryl methyl sites for hydroxylation is 1. The van der Waals surface area contributed by atoms with Gasteiger partial charge in [0.2, 0.25) is 5.16 Å². The van der Waals surface area contributed by atoms with E-state index in [0.29, 0.717) is 12.2 Å². The first kappa shape index (κ1) is 19.7. The Morgan fingerprint density at radius 1 is 1.32 bits per heavy atom. The van der Waals surface area contributed by atoms with Crippen molar-refractivity contribution in [2.24, 2.45) is 0 Å². The summed E-state index contributed by atoms with van der Waals surface area (Å²) < 4.78 is 44.1. The topological polar surface area (TPSA) is 92.0 Å². The van der Waals surface area contributed by atoms with E-state index in [-0.39, 0.29) is 27.1 Å². The first-order chi connectivity index (χ1) is 13.3. The average Bonchev–Trinajstić information content (AvgIpc) is 3.30. The van der Waals surface area contributed by atoms with Gasteiger partial charge in [0.1, 0.15) is 22.3 Å². The van der Waals surface area contributed by atoms with Crippen LogP contribution in [-0.4, -0.2) is 26.3 Å². The van der Waals surface area contributed by atoms with Crippen LogP contribution in [0.2, 0.25) is 0 Å². The quantitative estimate of drug-likeness (QED) is 0.446. The summed E-state index contributed by atoms with van der Waals surface area (Å²) in [6.07, 6.45) is -2.57. The predicted octanol–water partition coefficient (Wildman–Crippen LogP) is 4.86. The summed E-state index contributed by atoms with van der Waals surface area (Å²) in [5.41, 5.74) is -0.558. The molecule has 3 rings (SSSR count). The fraction of sp³-hybridized carbons (Fsp3) is 0.167. The van der Waals surface area contributed by atoms with Crippen LogP contribution in [0, 0.1) is 0 Å². The molecule has 146 valence electrons. The van der Waals surface area contributed by atoms with Crippen LogP contribution in [0.4, 0.5) is 13.2 Å². The van der Waals surface area contributed by atoms with E-state index in [9.17, 15) is 23.1 Å². The van der Waals surface area contributed by atoms with E-state index in [1.807, 2.05) is 6.92 Å². The standard InChI is InChI=1S/C18H14F3N3O3S/c1-2-15-22-17(24-23-15)28-14(16(25)26)9-12-6-7-13(27-12)10-4-3-5-11(8-10)18(19,20)21/h3-9H,2H2,1H3,(H,25,26)(H,22,23,24)/b14-9-. The van der Waals surface area contributed by atoms with Crippen molar-refractivity contribution < 1.29 is 27.5 Å². The number of benzene rings is 1. The maximum absolute atomic E-state index is 12.9. The molecule has 0 aliphatic carbocycles. The smallest absolute Gasteiger partial charge is 0.416 e. The van der Waals surface area contributed by atoms with Gasteiger partial charge in [0.15, 0.2) is 0 Å². The minimum atomic E-state index is -4.47. The lowest BCUT2D eigenvalue weighted by molar-refractivity contribution is -0.137. The average molecular weight is 409 g/mol. The minimum absolute atomic E-state index is 0.0911. The van der Waals surface area contributed by atoms with E-state index in [1.165, 1.54) is 30.3 Å². The molecule has 0 bridgehead atoms. The summed E-state index contributed by atoms with van der Waals surface area (Å²) in [6.45, 7) is 1.88. The van der Waals surface area contributed by atoms with E-state index < -0.39 is 17.7 Å². The summed E-state index contributed by atoms with van der Waals surface area (Å²) in [5, 5.41) is 16.2. The molecule has 28 heavy (non-hydrogen) atoms. The first-order valence-corrected chi connectivity index (χ1v) is 8.89. The summed E-state index contributed by atoms with van der Waals surface area (Å²) in [6, 6.07) is 7.66. The van der Waals surface area contributed by atoms with Gasteiger partial charge < -0.3 is 9.52 Å². The zero-order chi connectivity index (χ0) is 20.3. The number of carboxylic acids is 1. The second-order valence-corrected chi connectivity index (χ2v) is 6.62. The normalized spacial score (nSPS) is 12.4. The van der Waals surface area contributed by atoms with Gasteiger partial charge in [0.05, 0.1) is 5.56 Å². The molecule has 0 aliphatic rings. The van der Waals surface area contributed by atoms with Crippen LogP contribution in [0.3, 0.4) is 0 Å². The Hall–Kier alpha value is -3.01. The van der Waals surface area contributed by atoms with Crippen LogP contribution in [0.25, 0.3) is 17.4 Å². The van der Waals surface area contributed by atoms with Gasteiger partial charge in [-0.1, -0.05) is 19.1 Å². The Balaban J connectivity index is 1.86. The molecule has 0 amide bonds. The Morgan fingerprint density at radius 3 is 2.75 bits per heavy atom. The third kappa shape index (κ3) is 4.63. The van der Waals surface area contributed by atoms with Crippen LogP contribution in [-0.2, 0) is 17.4 Å². The Bertz CT molecular complexity index is 1020. The molecule has 0 aliphatic heterocycles. The van der Waals surface area contributed by atoms with E-state index in [0.717, 1.165) is 23.9 Å². The number of halogens is 3. The number of hydrogen-bond donors (Lipinski definition) is 2. The molecule has 0 spiro atoms. The lowest BCUT2D eigenvalue weighted by atomic mass is 10.1. The number of carbonyl (C=O) groups is 1. The van der Waals surface area contributed by atoms with Gasteiger partial charge in [0, 0.05) is 18.1 Å². The number of aromatic nitrogens is 3. The monoisotopic (exact) mass is 409 g/mol. The van der Waals surface area contributed by atoms with Gasteiger partial charge in [-0.15, -0.1) is 5.10 Å². The second kappa shape index (κ2) is 7.93. The maximum Gasteiger partial charge on any atom is 0.416 e. The van der Waals surface area contributed by atoms with Crippen molar-refractivity contribution >= 4 is 23.8 Å². The number of nitrogens with one attached hydrogen (secondary N) is 1. The van der Waals surface area contributed by atoms with Crippen molar-refractivity contribution in [3.05, 3.63) is 58.5 Å². The molecule has 0 saturated carbocycles. The van der Waals surface area contributed by atoms with Crippen LogP contribution in [0.15, 0.2) is 50.9 Å². The van der Waals surface area contributed by atoms with Crippen molar-refractivity contribution in [3.8, 4) is 11.3 Å². The molecule has 0 fully saturated rings. The van der Waals surface area contributed by atoms with E-state index in [1.54, 1.807) is 0 Å². The Morgan fingerprint density at radius 2 is 2.11 bits per heavy atom. The molecule has 2 N–H and O–H groups in total. The number of nitrogens with zero attached hydrogens (tertiary/aromatic N) is 2. The zero-order valence-corrected chi connectivity index (χ0v) is 15.3. The second-order valence-electron chi connectivity index (χ2n) is 5.61. The first-order valence-electron chi connectivity index (χ1n) is 8.08. The molecule has 0 saturated heterocycles. The number of carboxylic acid groups (broad SMARTS) is 1. The minimum Gasteiger partial charge on any atom is -0.477 e. The summed E-state index contributed by atoms with van der Waals surface area (Å²) in [7, 11) is 0. The number of furan rings is 1.